The van der Waals surface area contributed by atoms with E-state index in [0.717, 1.165) is 42.6 Å². The average Bonchev–Trinajstić information content (AvgIpc) is 3.43. The number of hydrogen-bond donors (Lipinski definition) is 1. The van der Waals surface area contributed by atoms with Gasteiger partial charge in [-0.1, -0.05) is 12.1 Å². The van der Waals surface area contributed by atoms with E-state index in [1.54, 1.807) is 10.8 Å². The van der Waals surface area contributed by atoms with Crippen LogP contribution in [0.15, 0.2) is 47.5 Å². The molecule has 2 unspecified atom stereocenters. The molecule has 3 aromatic heterocycles. The van der Waals surface area contributed by atoms with Gasteiger partial charge < -0.3 is 0 Å². The molecule has 1 N–H and O–H groups in total. The van der Waals surface area contributed by atoms with E-state index in [2.05, 4.69) is 31.1 Å². The predicted octanol–water partition coefficient (Wildman–Crippen LogP) is 2.54. The van der Waals surface area contributed by atoms with Crippen LogP contribution >= 0.6 is 0 Å². The second kappa shape index (κ2) is 6.98. The van der Waals surface area contributed by atoms with Gasteiger partial charge in [0.25, 0.3) is 0 Å². The number of rotatable bonds is 5. The summed E-state index contributed by atoms with van der Waals surface area (Å²) < 4.78 is 1.67. The predicted molar refractivity (Wildman–Crippen MR) is 105 cm³/mol. The van der Waals surface area contributed by atoms with Crippen LogP contribution in [0, 0.1) is 11.8 Å². The quantitative estimate of drug-likeness (QED) is 0.740. The first kappa shape index (κ1) is 17.3. The summed E-state index contributed by atoms with van der Waals surface area (Å²) in [5, 5.41) is 6.98. The van der Waals surface area contributed by atoms with Crippen LogP contribution in [0.2, 0.25) is 0 Å². The highest BCUT2D eigenvalue weighted by molar-refractivity contribution is 5.53. The standard InChI is InChI=1S/C21H24N6O/c1-26-20(24-25-21(26)28)19-16(15-6-7-15)9-11-27(19)13-14-5-8-18(23-12-14)17-4-2-3-10-22-17/h2-5,8,10,12,15-16,19H,6-7,9,11,13H2,1H3,(H,25,28). The first-order chi connectivity index (χ1) is 13.7. The van der Waals surface area contributed by atoms with Gasteiger partial charge in [-0.15, -0.1) is 0 Å². The molecular weight excluding hydrogens is 352 g/mol. The Kier molecular flexibility index (Phi) is 4.31. The molecule has 1 aliphatic carbocycles. The fourth-order valence-corrected chi connectivity index (χ4v) is 4.47. The average molecular weight is 376 g/mol. The maximum atomic E-state index is 11.9. The molecule has 7 heteroatoms. The van der Waals surface area contributed by atoms with Crippen molar-refractivity contribution in [2.75, 3.05) is 6.54 Å². The minimum absolute atomic E-state index is 0.141. The summed E-state index contributed by atoms with van der Waals surface area (Å²) in [6, 6.07) is 10.2. The van der Waals surface area contributed by atoms with Gasteiger partial charge in [0, 0.05) is 26.0 Å². The third-order valence-corrected chi connectivity index (χ3v) is 6.09. The lowest BCUT2D eigenvalue weighted by atomic mass is 9.94. The number of nitrogens with one attached hydrogen (secondary N) is 1. The first-order valence-corrected chi connectivity index (χ1v) is 9.92. The maximum Gasteiger partial charge on any atom is 0.343 e. The Morgan fingerprint density at radius 1 is 1.11 bits per heavy atom. The Hall–Kier alpha value is -2.80. The van der Waals surface area contributed by atoms with Crippen molar-refractivity contribution in [2.24, 2.45) is 18.9 Å². The van der Waals surface area contributed by atoms with E-state index in [1.807, 2.05) is 37.5 Å². The molecule has 1 saturated carbocycles. The minimum atomic E-state index is -0.141. The molecule has 144 valence electrons. The molecule has 0 radical (unpaired) electrons. The number of aromatic amines is 1. The Morgan fingerprint density at radius 3 is 2.61 bits per heavy atom. The van der Waals surface area contributed by atoms with Crippen molar-refractivity contribution >= 4 is 0 Å². The van der Waals surface area contributed by atoms with Crippen molar-refractivity contribution in [2.45, 2.75) is 31.8 Å². The van der Waals surface area contributed by atoms with E-state index in [4.69, 9.17) is 0 Å². The Labute approximate surface area is 163 Å². The lowest BCUT2D eigenvalue weighted by Crippen LogP contribution is -2.29. The van der Waals surface area contributed by atoms with Crippen molar-refractivity contribution in [3.63, 3.8) is 0 Å². The topological polar surface area (TPSA) is 79.7 Å². The van der Waals surface area contributed by atoms with Crippen LogP contribution in [0.25, 0.3) is 11.4 Å². The summed E-state index contributed by atoms with van der Waals surface area (Å²) in [6.45, 7) is 1.83. The zero-order valence-corrected chi connectivity index (χ0v) is 16.0. The van der Waals surface area contributed by atoms with Gasteiger partial charge >= 0.3 is 5.69 Å². The lowest BCUT2D eigenvalue weighted by Gasteiger charge is -2.27. The Balaban J connectivity index is 1.39. The first-order valence-electron chi connectivity index (χ1n) is 9.92. The van der Waals surface area contributed by atoms with Gasteiger partial charge in [-0.2, -0.15) is 5.10 Å². The van der Waals surface area contributed by atoms with Crippen LogP contribution in [0.3, 0.4) is 0 Å². The summed E-state index contributed by atoms with van der Waals surface area (Å²) in [5.74, 6) is 2.21. The molecule has 1 aliphatic heterocycles. The van der Waals surface area contributed by atoms with Gasteiger partial charge in [-0.3, -0.25) is 19.4 Å². The Bertz CT molecular complexity index is 1010. The van der Waals surface area contributed by atoms with Gasteiger partial charge in [-0.05, 0) is 61.4 Å². The van der Waals surface area contributed by atoms with Gasteiger partial charge in [0.05, 0.1) is 17.4 Å². The number of aromatic nitrogens is 5. The normalized spacial score (nSPS) is 22.6. The zero-order chi connectivity index (χ0) is 19.1. The fraction of sp³-hybridized carbons (Fsp3) is 0.429. The largest absolute Gasteiger partial charge is 0.343 e. The van der Waals surface area contributed by atoms with Crippen molar-refractivity contribution < 1.29 is 0 Å². The highest BCUT2D eigenvalue weighted by atomic mass is 16.1. The van der Waals surface area contributed by atoms with E-state index in [0.29, 0.717) is 5.92 Å². The van der Waals surface area contributed by atoms with Crippen LogP contribution in [0.4, 0.5) is 0 Å². The van der Waals surface area contributed by atoms with Crippen LogP contribution in [-0.4, -0.2) is 36.2 Å². The SMILES string of the molecule is Cn1c(C2C(C3CC3)CCN2Cc2ccc(-c3ccccn3)nc2)n[nH]c1=O. The van der Waals surface area contributed by atoms with E-state index in [1.165, 1.54) is 18.4 Å². The summed E-state index contributed by atoms with van der Waals surface area (Å²) in [7, 11) is 1.81. The van der Waals surface area contributed by atoms with E-state index in [-0.39, 0.29) is 11.7 Å². The smallest absolute Gasteiger partial charge is 0.289 e. The van der Waals surface area contributed by atoms with Crippen molar-refractivity contribution in [1.82, 2.24) is 29.6 Å². The lowest BCUT2D eigenvalue weighted by molar-refractivity contribution is 0.197. The minimum Gasteiger partial charge on any atom is -0.289 e. The molecule has 2 aliphatic rings. The van der Waals surface area contributed by atoms with E-state index >= 15 is 0 Å². The molecule has 5 rings (SSSR count). The Morgan fingerprint density at radius 2 is 1.96 bits per heavy atom. The summed E-state index contributed by atoms with van der Waals surface area (Å²) in [4.78, 5) is 23.4. The van der Waals surface area contributed by atoms with Crippen LogP contribution in [0.1, 0.15) is 36.7 Å². The van der Waals surface area contributed by atoms with Crippen LogP contribution in [0.5, 0.6) is 0 Å². The van der Waals surface area contributed by atoms with Gasteiger partial charge in [0.2, 0.25) is 0 Å². The third-order valence-electron chi connectivity index (χ3n) is 6.09. The molecule has 2 fully saturated rings. The number of hydrogen-bond acceptors (Lipinski definition) is 5. The molecule has 0 aromatic carbocycles. The monoisotopic (exact) mass is 376 g/mol. The summed E-state index contributed by atoms with van der Waals surface area (Å²) >= 11 is 0. The number of likely N-dealkylation sites (tertiary alicyclic amines) is 1. The highest BCUT2D eigenvalue weighted by Crippen LogP contribution is 2.50. The fourth-order valence-electron chi connectivity index (χ4n) is 4.47. The van der Waals surface area contributed by atoms with E-state index in [9.17, 15) is 4.79 Å². The molecule has 2 atom stereocenters. The summed E-state index contributed by atoms with van der Waals surface area (Å²) in [6.07, 6.45) is 7.48. The number of H-pyrrole nitrogens is 1. The number of nitrogens with zero attached hydrogens (tertiary/aromatic N) is 5. The maximum absolute atomic E-state index is 11.9. The molecule has 0 bridgehead atoms. The van der Waals surface area contributed by atoms with Crippen LogP contribution in [-0.2, 0) is 13.6 Å². The van der Waals surface area contributed by atoms with Gasteiger partial charge in [0.1, 0.15) is 0 Å². The number of pyridine rings is 2. The molecule has 28 heavy (non-hydrogen) atoms. The zero-order valence-electron chi connectivity index (χ0n) is 16.0. The third kappa shape index (κ3) is 3.16. The van der Waals surface area contributed by atoms with Gasteiger partial charge in [0.15, 0.2) is 5.82 Å². The van der Waals surface area contributed by atoms with Crippen LogP contribution < -0.4 is 5.69 Å². The molecule has 7 nitrogen and oxygen atoms in total. The van der Waals surface area contributed by atoms with Gasteiger partial charge in [-0.25, -0.2) is 9.89 Å². The molecular formula is C21H24N6O. The summed E-state index contributed by atoms with van der Waals surface area (Å²) in [5.41, 5.74) is 2.79. The highest BCUT2D eigenvalue weighted by Gasteiger charge is 2.45. The van der Waals surface area contributed by atoms with Crippen molar-refractivity contribution in [3.8, 4) is 11.4 Å². The molecule has 0 amide bonds. The second-order valence-corrected chi connectivity index (χ2v) is 7.92. The molecule has 0 spiro atoms. The molecule has 3 aromatic rings. The van der Waals surface area contributed by atoms with E-state index < -0.39 is 0 Å². The second-order valence-electron chi connectivity index (χ2n) is 7.92. The molecule has 1 saturated heterocycles. The van der Waals surface area contributed by atoms with Crippen molar-refractivity contribution in [1.29, 1.82) is 0 Å². The molecule has 4 heterocycles. The van der Waals surface area contributed by atoms with Crippen molar-refractivity contribution in [3.05, 3.63) is 64.6 Å².